The van der Waals surface area contributed by atoms with Crippen molar-refractivity contribution in [2.24, 2.45) is 0 Å². The fraction of sp³-hybridized carbons (Fsp3) is 0.231. The number of rotatable bonds is 5. The van der Waals surface area contributed by atoms with E-state index >= 15 is 0 Å². The number of aromatic nitrogens is 5. The average molecular weight is 271 g/mol. The lowest BCUT2D eigenvalue weighted by molar-refractivity contribution is 0.291. The third-order valence-electron chi connectivity index (χ3n) is 2.77. The van der Waals surface area contributed by atoms with E-state index in [0.717, 1.165) is 16.7 Å². The van der Waals surface area contributed by atoms with E-state index in [4.69, 9.17) is 9.47 Å². The lowest BCUT2D eigenvalue weighted by atomic mass is 10.2. The van der Waals surface area contributed by atoms with Crippen LogP contribution in [0.15, 0.2) is 37.1 Å². The van der Waals surface area contributed by atoms with Gasteiger partial charge >= 0.3 is 6.01 Å². The molecule has 0 fully saturated rings. The van der Waals surface area contributed by atoms with Gasteiger partial charge in [-0.2, -0.15) is 10.1 Å². The van der Waals surface area contributed by atoms with Crippen LogP contribution in [0.2, 0.25) is 0 Å². The molecule has 3 rings (SSSR count). The predicted octanol–water partition coefficient (Wildman–Crippen LogP) is 1.31. The summed E-state index contributed by atoms with van der Waals surface area (Å²) in [5.41, 5.74) is 0.787. The van der Waals surface area contributed by atoms with Crippen LogP contribution in [0.4, 0.5) is 0 Å². The van der Waals surface area contributed by atoms with Crippen molar-refractivity contribution in [3.8, 4) is 11.8 Å². The molecular weight excluding hydrogens is 258 g/mol. The van der Waals surface area contributed by atoms with Crippen LogP contribution in [0, 0.1) is 0 Å². The Morgan fingerprint density at radius 3 is 3.05 bits per heavy atom. The minimum absolute atomic E-state index is 0.345. The van der Waals surface area contributed by atoms with Crippen LogP contribution >= 0.6 is 0 Å². The summed E-state index contributed by atoms with van der Waals surface area (Å²) in [5, 5.41) is 4.95. The van der Waals surface area contributed by atoms with Crippen molar-refractivity contribution in [2.45, 2.75) is 6.54 Å². The molecule has 2 aromatic heterocycles. The number of ether oxygens (including phenoxy) is 2. The van der Waals surface area contributed by atoms with Gasteiger partial charge in [0.1, 0.15) is 25.0 Å². The van der Waals surface area contributed by atoms with Crippen LogP contribution in [-0.2, 0) is 6.54 Å². The van der Waals surface area contributed by atoms with Crippen molar-refractivity contribution in [1.82, 2.24) is 24.7 Å². The number of benzene rings is 1. The topological polar surface area (TPSA) is 75.0 Å². The van der Waals surface area contributed by atoms with Crippen LogP contribution < -0.4 is 9.47 Å². The second-order valence-electron chi connectivity index (χ2n) is 4.08. The Hall–Kier alpha value is -2.70. The van der Waals surface area contributed by atoms with E-state index in [0.29, 0.717) is 19.2 Å². The Balaban J connectivity index is 1.71. The second kappa shape index (κ2) is 5.52. The van der Waals surface area contributed by atoms with Crippen molar-refractivity contribution < 1.29 is 9.47 Å². The quantitative estimate of drug-likeness (QED) is 0.696. The molecule has 102 valence electrons. The number of fused-ring (bicyclic) bond motifs is 1. The smallest absolute Gasteiger partial charge is 0.316 e. The van der Waals surface area contributed by atoms with E-state index < -0.39 is 0 Å². The van der Waals surface area contributed by atoms with Gasteiger partial charge in [0, 0.05) is 17.6 Å². The molecule has 0 unspecified atom stereocenters. The molecule has 0 atom stereocenters. The zero-order chi connectivity index (χ0) is 13.8. The number of methoxy groups -OCH3 is 1. The number of hydrogen-bond donors (Lipinski definition) is 0. The normalized spacial score (nSPS) is 10.7. The van der Waals surface area contributed by atoms with Crippen molar-refractivity contribution in [3.05, 3.63) is 37.1 Å². The van der Waals surface area contributed by atoms with Gasteiger partial charge < -0.3 is 9.47 Å². The zero-order valence-corrected chi connectivity index (χ0v) is 10.9. The molecule has 0 N–H and O–H groups in total. The highest BCUT2D eigenvalue weighted by Crippen LogP contribution is 2.20. The van der Waals surface area contributed by atoms with Crippen LogP contribution in [0.5, 0.6) is 11.8 Å². The van der Waals surface area contributed by atoms with Crippen LogP contribution in [-0.4, -0.2) is 38.4 Å². The molecule has 0 amide bonds. The maximum atomic E-state index is 5.67. The summed E-state index contributed by atoms with van der Waals surface area (Å²) in [4.78, 5) is 12.2. The third-order valence-corrected chi connectivity index (χ3v) is 2.77. The van der Waals surface area contributed by atoms with Crippen molar-refractivity contribution in [3.63, 3.8) is 0 Å². The van der Waals surface area contributed by atoms with Gasteiger partial charge in [-0.1, -0.05) is 0 Å². The van der Waals surface area contributed by atoms with Gasteiger partial charge in [0.25, 0.3) is 0 Å². The fourth-order valence-electron chi connectivity index (χ4n) is 1.78. The first kappa shape index (κ1) is 12.3. The summed E-state index contributed by atoms with van der Waals surface area (Å²) in [6.45, 7) is 1.15. The maximum Gasteiger partial charge on any atom is 0.316 e. The SMILES string of the molecule is COc1ncc2ccc(OCCn3cncn3)cc2n1. The Morgan fingerprint density at radius 1 is 1.30 bits per heavy atom. The minimum Gasteiger partial charge on any atom is -0.492 e. The molecule has 0 aliphatic heterocycles. The molecule has 20 heavy (non-hydrogen) atoms. The molecule has 0 aliphatic rings. The van der Waals surface area contributed by atoms with Crippen molar-refractivity contribution in [2.75, 3.05) is 13.7 Å². The van der Waals surface area contributed by atoms with Crippen molar-refractivity contribution in [1.29, 1.82) is 0 Å². The number of hydrogen-bond acceptors (Lipinski definition) is 6. The first-order chi connectivity index (χ1) is 9.85. The standard InChI is InChI=1S/C13H13N5O2/c1-19-13-15-7-10-2-3-11(6-12(10)17-13)20-5-4-18-9-14-8-16-18/h2-3,6-9H,4-5H2,1H3. The van der Waals surface area contributed by atoms with Gasteiger partial charge in [0.15, 0.2) is 0 Å². The molecule has 1 aromatic carbocycles. The van der Waals surface area contributed by atoms with Gasteiger partial charge in [-0.15, -0.1) is 0 Å². The highest BCUT2D eigenvalue weighted by atomic mass is 16.5. The molecule has 3 aromatic rings. The highest BCUT2D eigenvalue weighted by molar-refractivity contribution is 5.79. The molecule has 0 saturated carbocycles. The second-order valence-corrected chi connectivity index (χ2v) is 4.08. The average Bonchev–Trinajstić information content (AvgIpc) is 3.00. The summed E-state index contributed by atoms with van der Waals surface area (Å²) in [7, 11) is 1.54. The van der Waals surface area contributed by atoms with E-state index in [-0.39, 0.29) is 0 Å². The van der Waals surface area contributed by atoms with Crippen LogP contribution in [0.25, 0.3) is 10.9 Å². The fourth-order valence-corrected chi connectivity index (χ4v) is 1.78. The number of nitrogens with zero attached hydrogens (tertiary/aromatic N) is 5. The van der Waals surface area contributed by atoms with Gasteiger partial charge in [-0.25, -0.2) is 14.6 Å². The highest BCUT2D eigenvalue weighted by Gasteiger charge is 2.02. The first-order valence-corrected chi connectivity index (χ1v) is 6.11. The van der Waals surface area contributed by atoms with Gasteiger partial charge in [-0.3, -0.25) is 0 Å². The van der Waals surface area contributed by atoms with E-state index in [1.165, 1.54) is 6.33 Å². The zero-order valence-electron chi connectivity index (χ0n) is 10.9. The summed E-state index contributed by atoms with van der Waals surface area (Å²) in [6.07, 6.45) is 4.88. The molecule has 2 heterocycles. The molecule has 0 spiro atoms. The minimum atomic E-state index is 0.345. The Bertz CT molecular complexity index is 699. The Labute approximate surface area is 115 Å². The molecule has 0 bridgehead atoms. The first-order valence-electron chi connectivity index (χ1n) is 6.11. The molecule has 7 heteroatoms. The molecule has 0 saturated heterocycles. The van der Waals surface area contributed by atoms with Crippen LogP contribution in [0.3, 0.4) is 0 Å². The lowest BCUT2D eigenvalue weighted by Crippen LogP contribution is -2.08. The molecular formula is C13H13N5O2. The molecule has 0 aliphatic carbocycles. The van der Waals surface area contributed by atoms with E-state index in [2.05, 4.69) is 20.1 Å². The summed E-state index contributed by atoms with van der Waals surface area (Å²) >= 11 is 0. The van der Waals surface area contributed by atoms with E-state index in [9.17, 15) is 0 Å². The third kappa shape index (κ3) is 2.66. The Kier molecular flexibility index (Phi) is 3.40. The predicted molar refractivity (Wildman–Crippen MR) is 71.6 cm³/mol. The summed E-state index contributed by atoms with van der Waals surface area (Å²) in [6, 6.07) is 6.01. The summed E-state index contributed by atoms with van der Waals surface area (Å²) < 4.78 is 12.4. The van der Waals surface area contributed by atoms with Gasteiger partial charge in [0.2, 0.25) is 0 Å². The molecule has 0 radical (unpaired) electrons. The lowest BCUT2D eigenvalue weighted by Gasteiger charge is -2.07. The monoisotopic (exact) mass is 271 g/mol. The Morgan fingerprint density at radius 2 is 2.25 bits per heavy atom. The van der Waals surface area contributed by atoms with Gasteiger partial charge in [-0.05, 0) is 12.1 Å². The van der Waals surface area contributed by atoms with E-state index in [1.54, 1.807) is 24.3 Å². The maximum absolute atomic E-state index is 5.67. The molecule has 7 nitrogen and oxygen atoms in total. The van der Waals surface area contributed by atoms with Crippen molar-refractivity contribution >= 4 is 10.9 Å². The van der Waals surface area contributed by atoms with Gasteiger partial charge in [0.05, 0.1) is 19.2 Å². The largest absolute Gasteiger partial charge is 0.492 e. The van der Waals surface area contributed by atoms with E-state index in [1.807, 2.05) is 18.2 Å². The summed E-state index contributed by atoms with van der Waals surface area (Å²) in [5.74, 6) is 0.748. The van der Waals surface area contributed by atoms with Crippen LogP contribution in [0.1, 0.15) is 0 Å².